The zero-order chi connectivity index (χ0) is 8.20. The predicted molar refractivity (Wildman–Crippen MR) is 39.0 cm³/mol. The van der Waals surface area contributed by atoms with Gasteiger partial charge in [-0.25, -0.2) is 0 Å². The molecule has 0 atom stereocenters. The van der Waals surface area contributed by atoms with Gasteiger partial charge in [0.1, 0.15) is 0 Å². The van der Waals surface area contributed by atoms with Crippen molar-refractivity contribution in [2.45, 2.75) is 30.5 Å². The summed E-state index contributed by atoms with van der Waals surface area (Å²) >= 11 is 10.7. The van der Waals surface area contributed by atoms with Crippen molar-refractivity contribution in [1.29, 1.82) is 0 Å². The lowest BCUT2D eigenvalue weighted by Gasteiger charge is -2.19. The SMILES string of the molecule is CCCCC(Cl)(Cl)C(=O)[O-]. The minimum absolute atomic E-state index is 0.245. The van der Waals surface area contributed by atoms with Crippen LogP contribution in [0.2, 0.25) is 0 Å². The number of unbranched alkanes of at least 4 members (excludes halogenated alkanes) is 1. The molecule has 0 bridgehead atoms. The molecule has 60 valence electrons. The smallest absolute Gasteiger partial charge is 0.157 e. The molecule has 0 rings (SSSR count). The van der Waals surface area contributed by atoms with E-state index in [9.17, 15) is 9.90 Å². The van der Waals surface area contributed by atoms with Crippen molar-refractivity contribution in [3.63, 3.8) is 0 Å². The van der Waals surface area contributed by atoms with E-state index in [1.165, 1.54) is 0 Å². The lowest BCUT2D eigenvalue weighted by Crippen LogP contribution is -2.39. The van der Waals surface area contributed by atoms with Crippen molar-refractivity contribution < 1.29 is 9.90 Å². The highest BCUT2D eigenvalue weighted by molar-refractivity contribution is 6.57. The molecule has 0 aromatic heterocycles. The van der Waals surface area contributed by atoms with Gasteiger partial charge in [0.05, 0.1) is 5.97 Å². The van der Waals surface area contributed by atoms with E-state index in [4.69, 9.17) is 23.2 Å². The van der Waals surface area contributed by atoms with Crippen LogP contribution in [-0.2, 0) is 4.79 Å². The first kappa shape index (κ1) is 10.0. The van der Waals surface area contributed by atoms with Crippen LogP contribution in [-0.4, -0.2) is 10.3 Å². The first-order valence-electron chi connectivity index (χ1n) is 3.10. The van der Waals surface area contributed by atoms with Crippen LogP contribution in [0.1, 0.15) is 26.2 Å². The molecule has 10 heavy (non-hydrogen) atoms. The molecule has 0 N–H and O–H groups in total. The lowest BCUT2D eigenvalue weighted by molar-refractivity contribution is -0.306. The Balaban J connectivity index is 3.75. The van der Waals surface area contributed by atoms with E-state index in [0.29, 0.717) is 6.42 Å². The number of rotatable bonds is 4. The molecule has 0 aliphatic heterocycles. The number of alkyl halides is 2. The first-order chi connectivity index (χ1) is 4.50. The quantitative estimate of drug-likeness (QED) is 0.613. The summed E-state index contributed by atoms with van der Waals surface area (Å²) in [5.74, 6) is -1.41. The van der Waals surface area contributed by atoms with Crippen molar-refractivity contribution in [1.82, 2.24) is 0 Å². The zero-order valence-corrected chi connectivity index (χ0v) is 7.21. The Morgan fingerprint density at radius 3 is 2.40 bits per heavy atom. The number of carbonyl (C=O) groups excluding carboxylic acids is 1. The lowest BCUT2D eigenvalue weighted by atomic mass is 10.2. The molecule has 0 radical (unpaired) electrons. The van der Waals surface area contributed by atoms with Crippen LogP contribution in [0.4, 0.5) is 0 Å². The predicted octanol–water partition coefficient (Wildman–Crippen LogP) is 1.10. The van der Waals surface area contributed by atoms with Gasteiger partial charge in [0.15, 0.2) is 4.33 Å². The molecule has 0 aromatic carbocycles. The van der Waals surface area contributed by atoms with Crippen LogP contribution in [0.25, 0.3) is 0 Å². The Kier molecular flexibility index (Phi) is 4.06. The maximum absolute atomic E-state index is 10.2. The molecule has 0 aliphatic carbocycles. The van der Waals surface area contributed by atoms with Gasteiger partial charge in [0, 0.05) is 0 Å². The van der Waals surface area contributed by atoms with Gasteiger partial charge in [-0.05, 0) is 6.42 Å². The van der Waals surface area contributed by atoms with Crippen LogP contribution in [0, 0.1) is 0 Å². The second kappa shape index (κ2) is 4.04. The van der Waals surface area contributed by atoms with Crippen LogP contribution in [0.5, 0.6) is 0 Å². The van der Waals surface area contributed by atoms with Crippen LogP contribution in [0.3, 0.4) is 0 Å². The minimum atomic E-state index is -1.70. The van der Waals surface area contributed by atoms with Gasteiger partial charge >= 0.3 is 0 Å². The average Bonchev–Trinajstić information content (AvgIpc) is 1.84. The maximum atomic E-state index is 10.2. The molecule has 0 aromatic rings. The van der Waals surface area contributed by atoms with E-state index in [2.05, 4.69) is 0 Å². The maximum Gasteiger partial charge on any atom is 0.157 e. The molecule has 0 amide bonds. The standard InChI is InChI=1S/C6H10Cl2O2/c1-2-3-4-6(7,8)5(9)10/h2-4H2,1H3,(H,9,10)/p-1. The van der Waals surface area contributed by atoms with E-state index >= 15 is 0 Å². The normalized spacial score (nSPS) is 11.5. The van der Waals surface area contributed by atoms with Crippen molar-refractivity contribution in [3.05, 3.63) is 0 Å². The highest BCUT2D eigenvalue weighted by atomic mass is 35.5. The second-order valence-corrected chi connectivity index (χ2v) is 3.58. The summed E-state index contributed by atoms with van der Waals surface area (Å²) in [6.07, 6.45) is 1.81. The van der Waals surface area contributed by atoms with Gasteiger partial charge < -0.3 is 9.90 Å². The summed E-state index contributed by atoms with van der Waals surface area (Å²) in [5, 5.41) is 10.2. The Morgan fingerprint density at radius 1 is 1.60 bits per heavy atom. The van der Waals surface area contributed by atoms with Crippen LogP contribution in [0.15, 0.2) is 0 Å². The molecule has 0 unspecified atom stereocenters. The average molecular weight is 184 g/mol. The number of aliphatic carboxylic acids is 1. The largest absolute Gasteiger partial charge is 0.547 e. The fourth-order valence-corrected chi connectivity index (χ4v) is 0.768. The molecular formula is C6H9Cl2O2-. The number of carbonyl (C=O) groups is 1. The van der Waals surface area contributed by atoms with Crippen molar-refractivity contribution in [2.24, 2.45) is 0 Å². The van der Waals surface area contributed by atoms with Gasteiger partial charge in [0.25, 0.3) is 0 Å². The molecule has 4 heteroatoms. The number of hydrogen-bond donors (Lipinski definition) is 0. The van der Waals surface area contributed by atoms with Gasteiger partial charge in [-0.15, -0.1) is 0 Å². The molecule has 0 fully saturated rings. The Morgan fingerprint density at radius 2 is 2.10 bits per heavy atom. The van der Waals surface area contributed by atoms with Crippen molar-refractivity contribution in [2.75, 3.05) is 0 Å². The zero-order valence-electron chi connectivity index (χ0n) is 5.69. The Bertz CT molecular complexity index is 123. The van der Waals surface area contributed by atoms with Crippen LogP contribution < -0.4 is 5.11 Å². The van der Waals surface area contributed by atoms with Crippen LogP contribution >= 0.6 is 23.2 Å². The molecule has 0 saturated heterocycles. The summed E-state index contributed by atoms with van der Waals surface area (Å²) in [7, 11) is 0. The third-order valence-electron chi connectivity index (χ3n) is 1.14. The van der Waals surface area contributed by atoms with E-state index in [-0.39, 0.29) is 6.42 Å². The summed E-state index contributed by atoms with van der Waals surface area (Å²) in [6, 6.07) is 0. The highest BCUT2D eigenvalue weighted by Gasteiger charge is 2.24. The highest BCUT2D eigenvalue weighted by Crippen LogP contribution is 2.26. The Hall–Kier alpha value is 0.0500. The van der Waals surface area contributed by atoms with Gasteiger partial charge in [-0.2, -0.15) is 0 Å². The fraction of sp³-hybridized carbons (Fsp3) is 0.833. The third-order valence-corrected chi connectivity index (χ3v) is 1.83. The summed E-state index contributed by atoms with van der Waals surface area (Å²) in [6.45, 7) is 1.93. The van der Waals surface area contributed by atoms with E-state index in [1.54, 1.807) is 0 Å². The summed E-state index contributed by atoms with van der Waals surface area (Å²) < 4.78 is -1.70. The Labute approximate surface area is 70.1 Å². The molecular weight excluding hydrogens is 175 g/mol. The minimum Gasteiger partial charge on any atom is -0.547 e. The number of hydrogen-bond acceptors (Lipinski definition) is 2. The molecule has 0 spiro atoms. The van der Waals surface area contributed by atoms with Gasteiger partial charge in [0.2, 0.25) is 0 Å². The topological polar surface area (TPSA) is 40.1 Å². The van der Waals surface area contributed by atoms with Crippen molar-refractivity contribution >= 4 is 29.2 Å². The molecule has 0 aliphatic rings. The molecule has 0 heterocycles. The summed E-state index contributed by atoms with van der Waals surface area (Å²) in [4.78, 5) is 10.2. The van der Waals surface area contributed by atoms with E-state index in [0.717, 1.165) is 6.42 Å². The fourth-order valence-electron chi connectivity index (χ4n) is 0.501. The number of carboxylic acids is 1. The molecule has 2 nitrogen and oxygen atoms in total. The van der Waals surface area contributed by atoms with E-state index in [1.807, 2.05) is 6.92 Å². The second-order valence-electron chi connectivity index (χ2n) is 2.10. The number of halogens is 2. The van der Waals surface area contributed by atoms with Gasteiger partial charge in [-0.3, -0.25) is 0 Å². The van der Waals surface area contributed by atoms with Gasteiger partial charge in [-0.1, -0.05) is 43.0 Å². The monoisotopic (exact) mass is 183 g/mol. The summed E-state index contributed by atoms with van der Waals surface area (Å²) in [5.41, 5.74) is 0. The van der Waals surface area contributed by atoms with E-state index < -0.39 is 10.3 Å². The number of carboxylic acid groups (broad SMARTS) is 1. The first-order valence-corrected chi connectivity index (χ1v) is 3.85. The molecule has 0 saturated carbocycles. The third kappa shape index (κ3) is 3.28. The van der Waals surface area contributed by atoms with Crippen molar-refractivity contribution in [3.8, 4) is 0 Å².